The van der Waals surface area contributed by atoms with Crippen LogP contribution < -0.4 is 0 Å². The zero-order valence-electron chi connectivity index (χ0n) is 10.4. The van der Waals surface area contributed by atoms with Gasteiger partial charge in [-0.1, -0.05) is 12.8 Å². The van der Waals surface area contributed by atoms with Crippen molar-refractivity contribution in [1.29, 1.82) is 0 Å². The van der Waals surface area contributed by atoms with Crippen LogP contribution in [0.5, 0.6) is 0 Å². The van der Waals surface area contributed by atoms with Crippen molar-refractivity contribution in [1.82, 2.24) is 0 Å². The average molecular weight is 202 g/mol. The zero-order chi connectivity index (χ0) is 11.0. The van der Waals surface area contributed by atoms with Crippen LogP contribution in [0.25, 0.3) is 0 Å². The standard InChI is InChI=1S/C6H12O.C6H14O/c1-7-6-4-2-3-5-6;1-5(2)7-6(3)4/h6H,2-5H2,1H3;5-6H,1-4H3. The normalized spacial score (nSPS) is 17.4. The molecule has 14 heavy (non-hydrogen) atoms. The third-order valence-corrected chi connectivity index (χ3v) is 2.18. The Morgan fingerprint density at radius 1 is 0.929 bits per heavy atom. The number of methoxy groups -OCH3 is 1. The minimum atomic E-state index is 0.375. The molecule has 0 atom stereocenters. The highest BCUT2D eigenvalue weighted by Gasteiger charge is 2.12. The van der Waals surface area contributed by atoms with E-state index in [1.807, 2.05) is 27.7 Å². The molecule has 0 unspecified atom stereocenters. The van der Waals surface area contributed by atoms with E-state index >= 15 is 0 Å². The Balaban J connectivity index is 0.000000241. The van der Waals surface area contributed by atoms with Crippen molar-refractivity contribution in [2.75, 3.05) is 7.11 Å². The Kier molecular flexibility index (Phi) is 8.20. The van der Waals surface area contributed by atoms with Crippen LogP contribution in [0.1, 0.15) is 53.4 Å². The fraction of sp³-hybridized carbons (Fsp3) is 1.00. The summed E-state index contributed by atoms with van der Waals surface area (Å²) >= 11 is 0. The Hall–Kier alpha value is -0.0800. The van der Waals surface area contributed by atoms with E-state index in [9.17, 15) is 0 Å². The van der Waals surface area contributed by atoms with Crippen LogP contribution in [0.15, 0.2) is 0 Å². The highest BCUT2D eigenvalue weighted by Crippen LogP contribution is 2.19. The highest BCUT2D eigenvalue weighted by atomic mass is 16.5. The molecular formula is C12H26O2. The summed E-state index contributed by atoms with van der Waals surface area (Å²) in [5.74, 6) is 0. The summed E-state index contributed by atoms with van der Waals surface area (Å²) in [6, 6.07) is 0. The van der Waals surface area contributed by atoms with E-state index < -0.39 is 0 Å². The lowest BCUT2D eigenvalue weighted by Crippen LogP contribution is -2.09. The van der Waals surface area contributed by atoms with Gasteiger partial charge in [0, 0.05) is 7.11 Å². The predicted molar refractivity (Wildman–Crippen MR) is 60.6 cm³/mol. The number of hydrogen-bond acceptors (Lipinski definition) is 2. The van der Waals surface area contributed by atoms with Crippen molar-refractivity contribution in [3.8, 4) is 0 Å². The van der Waals surface area contributed by atoms with Gasteiger partial charge in [-0.25, -0.2) is 0 Å². The monoisotopic (exact) mass is 202 g/mol. The molecule has 1 aliphatic rings. The molecular weight excluding hydrogens is 176 g/mol. The van der Waals surface area contributed by atoms with Crippen LogP contribution in [0.4, 0.5) is 0 Å². The van der Waals surface area contributed by atoms with Crippen molar-refractivity contribution in [3.63, 3.8) is 0 Å². The van der Waals surface area contributed by atoms with Gasteiger partial charge in [0.2, 0.25) is 0 Å². The third-order valence-electron chi connectivity index (χ3n) is 2.18. The molecule has 1 aliphatic carbocycles. The van der Waals surface area contributed by atoms with Crippen LogP contribution in [0.2, 0.25) is 0 Å². The Bertz CT molecular complexity index is 109. The van der Waals surface area contributed by atoms with Crippen LogP contribution >= 0.6 is 0 Å². The molecule has 1 saturated carbocycles. The van der Waals surface area contributed by atoms with Gasteiger partial charge in [-0.3, -0.25) is 0 Å². The first-order valence-electron chi connectivity index (χ1n) is 5.74. The smallest absolute Gasteiger partial charge is 0.0571 e. The van der Waals surface area contributed by atoms with Gasteiger partial charge in [0.25, 0.3) is 0 Å². The van der Waals surface area contributed by atoms with Crippen molar-refractivity contribution in [3.05, 3.63) is 0 Å². The topological polar surface area (TPSA) is 18.5 Å². The first-order valence-corrected chi connectivity index (χ1v) is 5.74. The Morgan fingerprint density at radius 3 is 1.50 bits per heavy atom. The van der Waals surface area contributed by atoms with Gasteiger partial charge in [-0.15, -0.1) is 0 Å². The maximum atomic E-state index is 5.25. The first-order chi connectivity index (χ1) is 6.56. The predicted octanol–water partition coefficient (Wildman–Crippen LogP) is 3.40. The zero-order valence-corrected chi connectivity index (χ0v) is 10.4. The van der Waals surface area contributed by atoms with Crippen molar-refractivity contribution in [2.45, 2.75) is 71.7 Å². The fourth-order valence-corrected chi connectivity index (χ4v) is 1.67. The highest BCUT2D eigenvalue weighted by molar-refractivity contribution is 4.65. The SMILES string of the molecule is CC(C)OC(C)C.COC1CCCC1. The first kappa shape index (κ1) is 13.9. The molecule has 86 valence electrons. The summed E-state index contributed by atoms with van der Waals surface area (Å²) < 4.78 is 10.4. The van der Waals surface area contributed by atoms with E-state index in [1.165, 1.54) is 25.7 Å². The molecule has 0 aromatic rings. The lowest BCUT2D eigenvalue weighted by Gasteiger charge is -2.09. The van der Waals surface area contributed by atoms with Crippen molar-refractivity contribution < 1.29 is 9.47 Å². The van der Waals surface area contributed by atoms with E-state index in [0.717, 1.165) is 0 Å². The maximum absolute atomic E-state index is 5.25. The summed E-state index contributed by atoms with van der Waals surface area (Å²) in [6.07, 6.45) is 6.67. The van der Waals surface area contributed by atoms with Gasteiger partial charge in [0.15, 0.2) is 0 Å². The molecule has 2 nitrogen and oxygen atoms in total. The van der Waals surface area contributed by atoms with E-state index in [-0.39, 0.29) is 0 Å². The fourth-order valence-electron chi connectivity index (χ4n) is 1.67. The van der Waals surface area contributed by atoms with Crippen LogP contribution in [0.3, 0.4) is 0 Å². The van der Waals surface area contributed by atoms with E-state index in [1.54, 1.807) is 7.11 Å². The number of hydrogen-bond donors (Lipinski definition) is 0. The van der Waals surface area contributed by atoms with E-state index in [4.69, 9.17) is 9.47 Å². The second-order valence-corrected chi connectivity index (χ2v) is 4.38. The summed E-state index contributed by atoms with van der Waals surface area (Å²) in [7, 11) is 1.80. The van der Waals surface area contributed by atoms with E-state index in [0.29, 0.717) is 18.3 Å². The second-order valence-electron chi connectivity index (χ2n) is 4.38. The van der Waals surface area contributed by atoms with Crippen molar-refractivity contribution >= 4 is 0 Å². The molecule has 1 fully saturated rings. The van der Waals surface area contributed by atoms with Gasteiger partial charge in [-0.05, 0) is 40.5 Å². The summed E-state index contributed by atoms with van der Waals surface area (Å²) in [4.78, 5) is 0. The minimum absolute atomic E-state index is 0.375. The largest absolute Gasteiger partial charge is 0.381 e. The Labute approximate surface area is 89.0 Å². The molecule has 1 rings (SSSR count). The molecule has 0 amide bonds. The number of ether oxygens (including phenoxy) is 2. The number of rotatable bonds is 3. The van der Waals surface area contributed by atoms with Crippen molar-refractivity contribution in [2.24, 2.45) is 0 Å². The van der Waals surface area contributed by atoms with Crippen LogP contribution in [0, 0.1) is 0 Å². The Morgan fingerprint density at radius 2 is 1.36 bits per heavy atom. The molecule has 0 heterocycles. The quantitative estimate of drug-likeness (QED) is 0.698. The molecule has 0 aromatic heterocycles. The molecule has 0 aliphatic heterocycles. The molecule has 0 bridgehead atoms. The molecule has 0 spiro atoms. The minimum Gasteiger partial charge on any atom is -0.381 e. The van der Waals surface area contributed by atoms with Gasteiger partial charge in [0.1, 0.15) is 0 Å². The van der Waals surface area contributed by atoms with Gasteiger partial charge < -0.3 is 9.47 Å². The maximum Gasteiger partial charge on any atom is 0.0571 e. The average Bonchev–Trinajstić information content (AvgIpc) is 2.53. The summed E-state index contributed by atoms with van der Waals surface area (Å²) in [5, 5.41) is 0. The molecule has 0 aromatic carbocycles. The lowest BCUT2D eigenvalue weighted by atomic mass is 10.3. The van der Waals surface area contributed by atoms with Crippen LogP contribution in [-0.2, 0) is 9.47 Å². The molecule has 0 saturated heterocycles. The second kappa shape index (κ2) is 8.25. The molecule has 0 radical (unpaired) electrons. The van der Waals surface area contributed by atoms with Gasteiger partial charge in [-0.2, -0.15) is 0 Å². The van der Waals surface area contributed by atoms with Gasteiger partial charge >= 0.3 is 0 Å². The summed E-state index contributed by atoms with van der Waals surface area (Å²) in [6.45, 7) is 8.17. The lowest BCUT2D eigenvalue weighted by molar-refractivity contribution is 0.0300. The van der Waals surface area contributed by atoms with E-state index in [2.05, 4.69) is 0 Å². The third kappa shape index (κ3) is 8.52. The van der Waals surface area contributed by atoms with Crippen LogP contribution in [-0.4, -0.2) is 25.4 Å². The van der Waals surface area contributed by atoms with Gasteiger partial charge in [0.05, 0.1) is 18.3 Å². The molecule has 2 heteroatoms. The molecule has 0 N–H and O–H groups in total. The summed E-state index contributed by atoms with van der Waals surface area (Å²) in [5.41, 5.74) is 0.